The fraction of sp³-hybridized carbons (Fsp3) is 0.250. The molecule has 0 spiro atoms. The van der Waals surface area contributed by atoms with Gasteiger partial charge in [-0.3, -0.25) is 4.57 Å². The molecule has 0 aliphatic carbocycles. The maximum atomic E-state index is 14.3. The molecule has 7 heteroatoms. The molecule has 6 rings (SSSR count). The molecular weight excluding hydrogens is 415 g/mol. The SMILES string of the molecule is O=P1(Oc2ccccc2)c2ccc(OCC3CO3)cc2-c2cc(OCC3CO3)ccc21. The van der Waals surface area contributed by atoms with E-state index in [0.29, 0.717) is 41.1 Å². The fourth-order valence-corrected chi connectivity index (χ4v) is 6.14. The molecule has 3 aromatic carbocycles. The van der Waals surface area contributed by atoms with Crippen LogP contribution in [0.5, 0.6) is 17.2 Å². The van der Waals surface area contributed by atoms with Crippen LogP contribution in [0.25, 0.3) is 11.1 Å². The Balaban J connectivity index is 1.40. The first-order valence-electron chi connectivity index (χ1n) is 10.3. The summed E-state index contributed by atoms with van der Waals surface area (Å²) in [6.07, 6.45) is 0.329. The van der Waals surface area contributed by atoms with Gasteiger partial charge in [-0.1, -0.05) is 18.2 Å². The van der Waals surface area contributed by atoms with Crippen molar-refractivity contribution in [1.29, 1.82) is 0 Å². The van der Waals surface area contributed by atoms with E-state index in [1.54, 1.807) is 0 Å². The number of epoxide rings is 2. The van der Waals surface area contributed by atoms with Gasteiger partial charge in [-0.2, -0.15) is 0 Å². The molecule has 2 atom stereocenters. The van der Waals surface area contributed by atoms with Gasteiger partial charge in [-0.25, -0.2) is 0 Å². The van der Waals surface area contributed by atoms with Crippen LogP contribution in [-0.2, 0) is 14.0 Å². The third-order valence-electron chi connectivity index (χ3n) is 5.51. The summed E-state index contributed by atoms with van der Waals surface area (Å²) < 4.78 is 42.6. The predicted molar refractivity (Wildman–Crippen MR) is 116 cm³/mol. The van der Waals surface area contributed by atoms with Crippen molar-refractivity contribution in [2.45, 2.75) is 12.2 Å². The van der Waals surface area contributed by atoms with E-state index in [4.69, 9.17) is 23.5 Å². The molecule has 3 aliphatic heterocycles. The quantitative estimate of drug-likeness (QED) is 0.398. The zero-order valence-electron chi connectivity index (χ0n) is 16.7. The maximum absolute atomic E-state index is 14.3. The van der Waals surface area contributed by atoms with Crippen molar-refractivity contribution >= 4 is 18.0 Å². The van der Waals surface area contributed by atoms with Crippen molar-refractivity contribution in [3.05, 3.63) is 66.7 Å². The van der Waals surface area contributed by atoms with Gasteiger partial charge in [0.1, 0.15) is 42.7 Å². The van der Waals surface area contributed by atoms with Crippen LogP contribution in [-0.4, -0.2) is 38.6 Å². The number of hydrogen-bond donors (Lipinski definition) is 0. The highest BCUT2D eigenvalue weighted by molar-refractivity contribution is 7.76. The van der Waals surface area contributed by atoms with Crippen molar-refractivity contribution in [2.24, 2.45) is 0 Å². The van der Waals surface area contributed by atoms with Gasteiger partial charge in [0.2, 0.25) is 0 Å². The molecule has 2 saturated heterocycles. The Morgan fingerprint density at radius 1 is 0.742 bits per heavy atom. The summed E-state index contributed by atoms with van der Waals surface area (Å²) >= 11 is 0. The largest absolute Gasteiger partial charge is 0.491 e. The summed E-state index contributed by atoms with van der Waals surface area (Å²) in [5.74, 6) is 2.00. The second kappa shape index (κ2) is 7.41. The third kappa shape index (κ3) is 3.72. The average molecular weight is 436 g/mol. The first kappa shape index (κ1) is 18.9. The number of hydrogen-bond acceptors (Lipinski definition) is 6. The molecule has 0 bridgehead atoms. The molecule has 3 heterocycles. The van der Waals surface area contributed by atoms with E-state index in [1.165, 1.54) is 0 Å². The topological polar surface area (TPSA) is 69.8 Å². The second-order valence-corrected chi connectivity index (χ2v) is 10.1. The summed E-state index contributed by atoms with van der Waals surface area (Å²) in [6, 6.07) is 20.5. The van der Waals surface area contributed by atoms with Crippen molar-refractivity contribution < 1.29 is 28.0 Å². The molecule has 158 valence electrons. The molecule has 0 radical (unpaired) electrons. The normalized spacial score (nSPS) is 24.8. The number of ether oxygens (including phenoxy) is 4. The molecule has 0 saturated carbocycles. The summed E-state index contributed by atoms with van der Waals surface area (Å²) in [6.45, 7) is 2.49. The van der Waals surface area contributed by atoms with E-state index in [9.17, 15) is 4.57 Å². The van der Waals surface area contributed by atoms with Crippen LogP contribution >= 0.6 is 7.37 Å². The van der Waals surface area contributed by atoms with E-state index in [-0.39, 0.29) is 12.2 Å². The Morgan fingerprint density at radius 3 is 1.74 bits per heavy atom. The highest BCUT2D eigenvalue weighted by Gasteiger charge is 2.42. The lowest BCUT2D eigenvalue weighted by Gasteiger charge is -2.17. The predicted octanol–water partition coefficient (Wildman–Crippen LogP) is 3.53. The van der Waals surface area contributed by atoms with Crippen LogP contribution in [0.2, 0.25) is 0 Å². The lowest BCUT2D eigenvalue weighted by Crippen LogP contribution is -2.15. The smallest absolute Gasteiger partial charge is 0.308 e. The minimum Gasteiger partial charge on any atom is -0.491 e. The Bertz CT molecular complexity index is 1100. The second-order valence-electron chi connectivity index (χ2n) is 7.85. The first-order valence-corrected chi connectivity index (χ1v) is 11.9. The van der Waals surface area contributed by atoms with Gasteiger partial charge in [0.15, 0.2) is 0 Å². The summed E-state index contributed by atoms with van der Waals surface area (Å²) in [5.41, 5.74) is 1.69. The van der Waals surface area contributed by atoms with Gasteiger partial charge in [0.25, 0.3) is 0 Å². The molecule has 3 aliphatic rings. The Kier molecular flexibility index (Phi) is 4.53. The number of fused-ring (bicyclic) bond motifs is 3. The highest BCUT2D eigenvalue weighted by Crippen LogP contribution is 2.54. The van der Waals surface area contributed by atoms with Gasteiger partial charge in [0.05, 0.1) is 23.8 Å². The van der Waals surface area contributed by atoms with E-state index in [0.717, 1.165) is 24.3 Å². The Hall–Kier alpha value is -2.79. The van der Waals surface area contributed by atoms with Crippen molar-refractivity contribution in [2.75, 3.05) is 26.4 Å². The van der Waals surface area contributed by atoms with Gasteiger partial charge < -0.3 is 23.5 Å². The third-order valence-corrected chi connectivity index (χ3v) is 8.03. The number of rotatable bonds is 8. The van der Waals surface area contributed by atoms with Gasteiger partial charge in [-0.05, 0) is 48.5 Å². The summed E-state index contributed by atoms with van der Waals surface area (Å²) in [5, 5.41) is 1.34. The average Bonchev–Trinajstić information content (AvgIpc) is 3.72. The van der Waals surface area contributed by atoms with Crippen molar-refractivity contribution in [1.82, 2.24) is 0 Å². The fourth-order valence-electron chi connectivity index (χ4n) is 3.72. The maximum Gasteiger partial charge on any atom is 0.308 e. The molecule has 2 fully saturated rings. The molecule has 0 amide bonds. The first-order chi connectivity index (χ1) is 15.2. The van der Waals surface area contributed by atoms with Crippen molar-refractivity contribution in [3.63, 3.8) is 0 Å². The lowest BCUT2D eigenvalue weighted by molar-refractivity contribution is 0.263. The minimum absolute atomic E-state index is 0.165. The standard InChI is InChI=1S/C24H21O6P/c25-31(30-16-4-2-1-3-5-16)23-8-6-17(26-12-19-14-28-19)10-21(23)22-11-18(7-9-24(22)31)27-13-20-15-29-20/h1-11,19-20H,12-15H2. The van der Waals surface area contributed by atoms with Crippen LogP contribution in [0.1, 0.15) is 0 Å². The zero-order chi connectivity index (χ0) is 20.8. The van der Waals surface area contributed by atoms with Crippen LogP contribution < -0.4 is 24.6 Å². The monoisotopic (exact) mass is 436 g/mol. The molecule has 2 unspecified atom stereocenters. The highest BCUT2D eigenvalue weighted by atomic mass is 31.2. The van der Waals surface area contributed by atoms with Crippen molar-refractivity contribution in [3.8, 4) is 28.4 Å². The lowest BCUT2D eigenvalue weighted by atomic mass is 10.1. The Morgan fingerprint density at radius 2 is 1.26 bits per heavy atom. The summed E-state index contributed by atoms with van der Waals surface area (Å²) in [4.78, 5) is 0. The molecule has 31 heavy (non-hydrogen) atoms. The summed E-state index contributed by atoms with van der Waals surface area (Å²) in [7, 11) is -3.32. The Labute approximate surface area is 180 Å². The van der Waals surface area contributed by atoms with Crippen LogP contribution in [0, 0.1) is 0 Å². The molecule has 3 aromatic rings. The minimum atomic E-state index is -3.32. The molecule has 0 N–H and O–H groups in total. The van der Waals surface area contributed by atoms with E-state index < -0.39 is 7.37 Å². The van der Waals surface area contributed by atoms with Crippen LogP contribution in [0.15, 0.2) is 66.7 Å². The molecule has 0 aromatic heterocycles. The van der Waals surface area contributed by atoms with Crippen LogP contribution in [0.4, 0.5) is 0 Å². The van der Waals surface area contributed by atoms with Gasteiger partial charge in [0, 0.05) is 11.1 Å². The van der Waals surface area contributed by atoms with Gasteiger partial charge >= 0.3 is 7.37 Å². The van der Waals surface area contributed by atoms with E-state index >= 15 is 0 Å². The number of benzene rings is 3. The van der Waals surface area contributed by atoms with E-state index in [2.05, 4.69) is 0 Å². The van der Waals surface area contributed by atoms with Crippen LogP contribution in [0.3, 0.4) is 0 Å². The van der Waals surface area contributed by atoms with E-state index in [1.807, 2.05) is 66.7 Å². The number of para-hydroxylation sites is 1. The zero-order valence-corrected chi connectivity index (χ0v) is 17.6. The molecule has 6 nitrogen and oxygen atoms in total. The van der Waals surface area contributed by atoms with Gasteiger partial charge in [-0.15, -0.1) is 0 Å². The molecular formula is C24H21O6P.